The van der Waals surface area contributed by atoms with Gasteiger partial charge in [0, 0.05) is 22.8 Å². The van der Waals surface area contributed by atoms with Crippen molar-refractivity contribution >= 4 is 57.3 Å². The zero-order chi connectivity index (χ0) is 28.7. The molecule has 1 N–H and O–H groups in total. The van der Waals surface area contributed by atoms with Crippen LogP contribution in [0.3, 0.4) is 0 Å². The van der Waals surface area contributed by atoms with Crippen molar-refractivity contribution in [2.45, 2.75) is 35.6 Å². The van der Waals surface area contributed by atoms with Gasteiger partial charge in [-0.25, -0.2) is 0 Å². The lowest BCUT2D eigenvalue weighted by molar-refractivity contribution is -0.132. The van der Waals surface area contributed by atoms with E-state index in [4.69, 9.17) is 21.1 Å². The van der Waals surface area contributed by atoms with Gasteiger partial charge < -0.3 is 14.6 Å². The number of halogens is 1. The van der Waals surface area contributed by atoms with E-state index >= 15 is 0 Å². The summed E-state index contributed by atoms with van der Waals surface area (Å²) in [7, 11) is 1.56. The van der Waals surface area contributed by atoms with Gasteiger partial charge >= 0.3 is 5.91 Å². The van der Waals surface area contributed by atoms with E-state index in [1.54, 1.807) is 43.5 Å². The van der Waals surface area contributed by atoms with Crippen LogP contribution in [-0.4, -0.2) is 40.2 Å². The number of fused-ring (bicyclic) bond motifs is 1. The van der Waals surface area contributed by atoms with Gasteiger partial charge in [0.25, 0.3) is 5.78 Å². The number of benzene rings is 3. The molecule has 3 heterocycles. The van der Waals surface area contributed by atoms with Crippen LogP contribution in [-0.2, 0) is 21.8 Å². The van der Waals surface area contributed by atoms with Crippen LogP contribution >= 0.6 is 34.7 Å². The zero-order valence-electron chi connectivity index (χ0n) is 22.0. The van der Waals surface area contributed by atoms with Crippen molar-refractivity contribution in [2.24, 2.45) is 0 Å². The third-order valence-corrected chi connectivity index (χ3v) is 9.30. The number of carbonyl (C=O) groups excluding carboxylic acids is 2. The van der Waals surface area contributed by atoms with E-state index in [9.17, 15) is 14.7 Å². The Balaban J connectivity index is 1.38. The van der Waals surface area contributed by atoms with Gasteiger partial charge in [-0.05, 0) is 66.1 Å². The fourth-order valence-corrected chi connectivity index (χ4v) is 6.89. The van der Waals surface area contributed by atoms with Crippen molar-refractivity contribution < 1.29 is 24.2 Å². The fourth-order valence-electron chi connectivity index (χ4n) is 4.94. The van der Waals surface area contributed by atoms with Gasteiger partial charge in [-0.1, -0.05) is 59.0 Å². The molecule has 0 saturated carbocycles. The number of hydrogen-bond donors (Lipinski definition) is 1. The fraction of sp³-hybridized carbons (Fsp3) is 0.200. The summed E-state index contributed by atoms with van der Waals surface area (Å²) < 4.78 is 11.7. The number of ether oxygens (including phenoxy) is 2. The Kier molecular flexibility index (Phi) is 7.46. The molecule has 6 rings (SSSR count). The van der Waals surface area contributed by atoms with Gasteiger partial charge in [-0.2, -0.15) is 0 Å². The Hall–Kier alpha value is -3.86. The summed E-state index contributed by atoms with van der Waals surface area (Å²) in [6, 6.07) is 18.9. The lowest BCUT2D eigenvalue weighted by Crippen LogP contribution is -2.29. The second-order valence-electron chi connectivity index (χ2n) is 9.66. The number of hydrogen-bond acceptors (Lipinski definition) is 9. The van der Waals surface area contributed by atoms with Crippen molar-refractivity contribution in [2.75, 3.05) is 12.0 Å². The molecular formula is C30H24ClN3O5S2. The third-order valence-electron chi connectivity index (χ3n) is 6.92. The van der Waals surface area contributed by atoms with Crippen molar-refractivity contribution in [1.29, 1.82) is 0 Å². The number of aliphatic hydroxyl groups is 1. The highest BCUT2D eigenvalue weighted by atomic mass is 35.5. The maximum Gasteiger partial charge on any atom is 0.301 e. The summed E-state index contributed by atoms with van der Waals surface area (Å²) in [4.78, 5) is 28.4. The van der Waals surface area contributed by atoms with Gasteiger partial charge in [0.15, 0.2) is 4.34 Å². The van der Waals surface area contributed by atoms with Crippen molar-refractivity contribution in [3.8, 4) is 11.5 Å². The number of thioether (sulfide) groups is 1. The molecule has 11 heteroatoms. The average Bonchev–Trinajstić information content (AvgIpc) is 3.67. The molecule has 2 atom stereocenters. The number of amides is 1. The Morgan fingerprint density at radius 1 is 1.12 bits per heavy atom. The van der Waals surface area contributed by atoms with Crippen molar-refractivity contribution in [3.63, 3.8) is 0 Å². The molecule has 1 amide bonds. The van der Waals surface area contributed by atoms with E-state index in [1.165, 1.54) is 28.0 Å². The summed E-state index contributed by atoms with van der Waals surface area (Å²) in [6.07, 6.45) is 0.713. The molecular weight excluding hydrogens is 582 g/mol. The van der Waals surface area contributed by atoms with Crippen LogP contribution in [0.1, 0.15) is 35.2 Å². The lowest BCUT2D eigenvalue weighted by atomic mass is 9.94. The molecule has 8 nitrogen and oxygen atoms in total. The molecule has 0 aliphatic carbocycles. The monoisotopic (exact) mass is 605 g/mol. The number of rotatable bonds is 7. The number of ketones is 1. The standard InChI is InChI=1S/C30H24ClN3O5S2/c1-16-13-20-14-19(7-12-23(20)39-16)26(35)24-25(18-5-10-22(38-2)11-6-18)34(28(37)27(24)36)29-32-33-30(41-29)40-15-17-3-8-21(31)9-4-17/h3-12,14,16,25,35H,13,15H2,1-2H3/t16-,25-/m0/s1. The van der Waals surface area contributed by atoms with E-state index in [0.717, 1.165) is 16.9 Å². The number of carbonyl (C=O) groups is 2. The summed E-state index contributed by atoms with van der Waals surface area (Å²) >= 11 is 8.67. The molecule has 4 aromatic rings. The van der Waals surface area contributed by atoms with E-state index in [0.29, 0.717) is 38.4 Å². The topological polar surface area (TPSA) is 102 Å². The summed E-state index contributed by atoms with van der Waals surface area (Å²) in [5.41, 5.74) is 3.04. The predicted molar refractivity (Wildman–Crippen MR) is 159 cm³/mol. The number of nitrogens with zero attached hydrogens (tertiary/aromatic N) is 3. The van der Waals surface area contributed by atoms with Crippen LogP contribution in [0, 0.1) is 0 Å². The first-order chi connectivity index (χ1) is 19.8. The number of methoxy groups -OCH3 is 1. The predicted octanol–water partition coefficient (Wildman–Crippen LogP) is 6.44. The minimum atomic E-state index is -0.911. The van der Waals surface area contributed by atoms with E-state index in [1.807, 2.05) is 37.3 Å². The quantitative estimate of drug-likeness (QED) is 0.0844. The van der Waals surface area contributed by atoms with Gasteiger partial charge in [0.05, 0.1) is 18.7 Å². The average molecular weight is 606 g/mol. The van der Waals surface area contributed by atoms with Gasteiger partial charge in [-0.3, -0.25) is 14.5 Å². The molecule has 208 valence electrons. The molecule has 0 unspecified atom stereocenters. The molecule has 2 aliphatic heterocycles. The molecule has 2 aliphatic rings. The van der Waals surface area contributed by atoms with Crippen molar-refractivity contribution in [3.05, 3.63) is 99.6 Å². The smallest absolute Gasteiger partial charge is 0.301 e. The van der Waals surface area contributed by atoms with Crippen LogP contribution in [0.15, 0.2) is 76.6 Å². The first-order valence-electron chi connectivity index (χ1n) is 12.8. The minimum Gasteiger partial charge on any atom is -0.507 e. The molecule has 1 saturated heterocycles. The number of aliphatic hydroxyl groups excluding tert-OH is 1. The number of Topliss-reactive ketones (excluding diaryl/α,β-unsaturated/α-hetero) is 1. The number of aromatic nitrogens is 2. The first-order valence-corrected chi connectivity index (χ1v) is 15.0. The highest BCUT2D eigenvalue weighted by Crippen LogP contribution is 2.45. The van der Waals surface area contributed by atoms with Crippen molar-refractivity contribution in [1.82, 2.24) is 10.2 Å². The Morgan fingerprint density at radius 3 is 2.61 bits per heavy atom. The molecule has 3 aromatic carbocycles. The molecule has 1 aromatic heterocycles. The highest BCUT2D eigenvalue weighted by Gasteiger charge is 2.48. The molecule has 0 bridgehead atoms. The summed E-state index contributed by atoms with van der Waals surface area (Å²) in [6.45, 7) is 1.97. The van der Waals surface area contributed by atoms with Gasteiger partial charge in [0.2, 0.25) is 5.13 Å². The second kappa shape index (κ2) is 11.2. The first kappa shape index (κ1) is 27.3. The molecule has 0 spiro atoms. The minimum absolute atomic E-state index is 0.0161. The number of anilines is 1. The van der Waals surface area contributed by atoms with Crippen LogP contribution < -0.4 is 14.4 Å². The van der Waals surface area contributed by atoms with Gasteiger partial charge in [0.1, 0.15) is 23.4 Å². The Morgan fingerprint density at radius 2 is 1.88 bits per heavy atom. The maximum absolute atomic E-state index is 13.5. The normalized spacial score (nSPS) is 19.3. The second-order valence-corrected chi connectivity index (χ2v) is 12.3. The molecule has 41 heavy (non-hydrogen) atoms. The van der Waals surface area contributed by atoms with Gasteiger partial charge in [-0.15, -0.1) is 10.2 Å². The van der Waals surface area contributed by atoms with Crippen LogP contribution in [0.25, 0.3) is 5.76 Å². The summed E-state index contributed by atoms with van der Waals surface area (Å²) in [5.74, 6) is 0.174. The molecule has 0 radical (unpaired) electrons. The van der Waals surface area contributed by atoms with E-state index in [2.05, 4.69) is 10.2 Å². The van der Waals surface area contributed by atoms with Crippen LogP contribution in [0.5, 0.6) is 11.5 Å². The summed E-state index contributed by atoms with van der Waals surface area (Å²) in [5, 5.41) is 21.0. The third kappa shape index (κ3) is 5.30. The highest BCUT2D eigenvalue weighted by molar-refractivity contribution is 8.00. The SMILES string of the molecule is COc1ccc([C@H]2C(=C(O)c3ccc4c(c3)C[C@H](C)O4)C(=O)C(=O)N2c2nnc(SCc3ccc(Cl)cc3)s2)cc1. The van der Waals surface area contributed by atoms with E-state index in [-0.39, 0.29) is 22.6 Å². The molecule has 1 fully saturated rings. The van der Waals surface area contributed by atoms with Crippen LogP contribution in [0.2, 0.25) is 5.02 Å². The van der Waals surface area contributed by atoms with Crippen LogP contribution in [0.4, 0.5) is 5.13 Å². The Labute approximate surface area is 249 Å². The maximum atomic E-state index is 13.5. The largest absolute Gasteiger partial charge is 0.507 e. The van der Waals surface area contributed by atoms with E-state index < -0.39 is 17.7 Å². The Bertz CT molecular complexity index is 1670. The zero-order valence-corrected chi connectivity index (χ0v) is 24.4. The lowest BCUT2D eigenvalue weighted by Gasteiger charge is -2.22.